The number of hydrogen-bond donors (Lipinski definition) is 4. The SMILES string of the molecule is COc1ccc(C(=O)N(CCC(C)C)Cc2nc(C)c(C)n2Cc2ccccc2C2NNNN2)c(Cl)c1OC. The molecule has 0 radical (unpaired) electrons. The minimum atomic E-state index is -0.177. The smallest absolute Gasteiger partial charge is 0.255 e. The summed E-state index contributed by atoms with van der Waals surface area (Å²) < 4.78 is 13.0. The van der Waals surface area contributed by atoms with Gasteiger partial charge in [0.1, 0.15) is 12.0 Å². The average Bonchev–Trinajstić information content (AvgIpc) is 3.55. The maximum absolute atomic E-state index is 13.9. The largest absolute Gasteiger partial charge is 0.493 e. The van der Waals surface area contributed by atoms with E-state index in [0.717, 1.165) is 34.8 Å². The molecular weight excluding hydrogens is 518 g/mol. The van der Waals surface area contributed by atoms with Crippen LogP contribution in [0.15, 0.2) is 36.4 Å². The second-order valence-electron chi connectivity index (χ2n) is 10.0. The number of carbonyl (C=O) groups excluding carboxylic acids is 1. The molecule has 4 rings (SSSR count). The molecule has 3 aromatic rings. The molecule has 10 nitrogen and oxygen atoms in total. The number of methoxy groups -OCH3 is 2. The van der Waals surface area contributed by atoms with Crippen molar-refractivity contribution in [3.8, 4) is 11.5 Å². The third kappa shape index (κ3) is 6.37. The van der Waals surface area contributed by atoms with Crippen LogP contribution in [0.4, 0.5) is 0 Å². The number of aryl methyl sites for hydroxylation is 1. The van der Waals surface area contributed by atoms with Crippen LogP contribution in [0.5, 0.6) is 11.5 Å². The van der Waals surface area contributed by atoms with Gasteiger partial charge in [-0.15, -0.1) is 0 Å². The maximum Gasteiger partial charge on any atom is 0.255 e. The van der Waals surface area contributed by atoms with Crippen molar-refractivity contribution in [1.82, 2.24) is 36.4 Å². The highest BCUT2D eigenvalue weighted by Crippen LogP contribution is 2.38. The third-order valence-corrected chi connectivity index (χ3v) is 7.41. The molecule has 1 aromatic heterocycles. The lowest BCUT2D eigenvalue weighted by Crippen LogP contribution is -2.34. The second-order valence-corrected chi connectivity index (χ2v) is 10.4. The molecule has 2 heterocycles. The number of carbonyl (C=O) groups is 1. The highest BCUT2D eigenvalue weighted by atomic mass is 35.5. The zero-order valence-electron chi connectivity index (χ0n) is 23.4. The maximum atomic E-state index is 13.9. The van der Waals surface area contributed by atoms with Gasteiger partial charge in [0.25, 0.3) is 5.91 Å². The Labute approximate surface area is 234 Å². The summed E-state index contributed by atoms with van der Waals surface area (Å²) in [4.78, 5) is 20.6. The summed E-state index contributed by atoms with van der Waals surface area (Å²) in [5.74, 6) is 1.88. The molecule has 1 fully saturated rings. The van der Waals surface area contributed by atoms with Crippen LogP contribution < -0.4 is 31.4 Å². The highest BCUT2D eigenvalue weighted by molar-refractivity contribution is 6.35. The monoisotopic (exact) mass is 555 g/mol. The first-order valence-electron chi connectivity index (χ1n) is 13.1. The van der Waals surface area contributed by atoms with Crippen molar-refractivity contribution >= 4 is 17.5 Å². The number of benzene rings is 2. The summed E-state index contributed by atoms with van der Waals surface area (Å²) >= 11 is 6.65. The van der Waals surface area contributed by atoms with Gasteiger partial charge in [-0.25, -0.2) is 15.8 Å². The Morgan fingerprint density at radius 1 is 1.10 bits per heavy atom. The van der Waals surface area contributed by atoms with Crippen molar-refractivity contribution in [1.29, 1.82) is 0 Å². The van der Waals surface area contributed by atoms with Crippen molar-refractivity contribution in [3.05, 3.63) is 75.3 Å². The van der Waals surface area contributed by atoms with Crippen molar-refractivity contribution in [3.63, 3.8) is 0 Å². The number of nitrogens with one attached hydrogen (secondary N) is 4. The highest BCUT2D eigenvalue weighted by Gasteiger charge is 2.26. The first-order chi connectivity index (χ1) is 18.7. The fourth-order valence-electron chi connectivity index (χ4n) is 4.65. The number of ether oxygens (including phenoxy) is 2. The van der Waals surface area contributed by atoms with Crippen molar-refractivity contribution in [2.45, 2.75) is 53.4 Å². The topological polar surface area (TPSA) is 105 Å². The molecule has 1 amide bonds. The van der Waals surface area contributed by atoms with Gasteiger partial charge in [-0.05, 0) is 49.4 Å². The summed E-state index contributed by atoms with van der Waals surface area (Å²) in [5.41, 5.74) is 16.7. The predicted octanol–water partition coefficient (Wildman–Crippen LogP) is 4.02. The van der Waals surface area contributed by atoms with Crippen LogP contribution in [0, 0.1) is 19.8 Å². The van der Waals surface area contributed by atoms with E-state index in [1.54, 1.807) is 19.2 Å². The number of imidazole rings is 1. The minimum Gasteiger partial charge on any atom is -0.493 e. The Balaban J connectivity index is 1.68. The van der Waals surface area contributed by atoms with Gasteiger partial charge >= 0.3 is 0 Å². The van der Waals surface area contributed by atoms with Crippen LogP contribution in [-0.4, -0.2) is 41.1 Å². The van der Waals surface area contributed by atoms with Gasteiger partial charge in [-0.3, -0.25) is 4.79 Å². The van der Waals surface area contributed by atoms with Crippen LogP contribution in [0.25, 0.3) is 0 Å². The Hall–Kier alpha value is -3.15. The number of rotatable bonds is 11. The van der Waals surface area contributed by atoms with Crippen LogP contribution in [0.3, 0.4) is 0 Å². The van der Waals surface area contributed by atoms with Crippen LogP contribution >= 0.6 is 11.6 Å². The molecule has 39 heavy (non-hydrogen) atoms. The molecule has 0 bridgehead atoms. The van der Waals surface area contributed by atoms with Gasteiger partial charge in [0.15, 0.2) is 11.5 Å². The van der Waals surface area contributed by atoms with Gasteiger partial charge in [-0.1, -0.05) is 49.7 Å². The Morgan fingerprint density at radius 3 is 2.49 bits per heavy atom. The van der Waals surface area contributed by atoms with Gasteiger partial charge in [0.2, 0.25) is 0 Å². The van der Waals surface area contributed by atoms with Crippen LogP contribution in [0.1, 0.15) is 65.1 Å². The molecule has 2 aromatic carbocycles. The molecule has 1 aliphatic heterocycles. The normalized spacial score (nSPS) is 13.7. The number of hydrazine groups is 3. The van der Waals surface area contributed by atoms with E-state index in [2.05, 4.69) is 59.4 Å². The van der Waals surface area contributed by atoms with E-state index >= 15 is 0 Å². The molecule has 0 atom stereocenters. The second kappa shape index (κ2) is 12.8. The molecule has 4 N–H and O–H groups in total. The predicted molar refractivity (Wildman–Crippen MR) is 151 cm³/mol. The van der Waals surface area contributed by atoms with E-state index in [0.29, 0.717) is 42.6 Å². The van der Waals surface area contributed by atoms with Gasteiger partial charge in [0, 0.05) is 18.8 Å². The van der Waals surface area contributed by atoms with Gasteiger partial charge in [0.05, 0.1) is 37.0 Å². The Morgan fingerprint density at radius 2 is 1.82 bits per heavy atom. The summed E-state index contributed by atoms with van der Waals surface area (Å²) in [6.45, 7) is 9.88. The van der Waals surface area contributed by atoms with Crippen molar-refractivity contribution in [2.24, 2.45) is 5.92 Å². The number of halogens is 1. The van der Waals surface area contributed by atoms with E-state index in [-0.39, 0.29) is 17.1 Å². The quantitative estimate of drug-likeness (QED) is 0.281. The molecule has 1 saturated heterocycles. The fraction of sp³-hybridized carbons (Fsp3) is 0.429. The van der Waals surface area contributed by atoms with Gasteiger partial charge < -0.3 is 18.9 Å². The third-order valence-electron chi connectivity index (χ3n) is 7.04. The standard InChI is InChI=1S/C28H38ClN7O3/c1-17(2)13-14-35(28(37)22-11-12-23(38-5)26(39-6)25(22)29)16-24-30-18(3)19(4)36(24)15-20-9-7-8-10-21(20)27-31-33-34-32-27/h7-12,17,27,31-34H,13-16H2,1-6H3. The van der Waals surface area contributed by atoms with E-state index in [9.17, 15) is 4.79 Å². The molecule has 1 aliphatic rings. The summed E-state index contributed by atoms with van der Waals surface area (Å²) in [5, 5.41) is 0.236. The lowest BCUT2D eigenvalue weighted by molar-refractivity contribution is 0.0729. The lowest BCUT2D eigenvalue weighted by Gasteiger charge is -2.25. The minimum absolute atomic E-state index is 0.0918. The van der Waals surface area contributed by atoms with Crippen molar-refractivity contribution in [2.75, 3.05) is 20.8 Å². The lowest BCUT2D eigenvalue weighted by atomic mass is 10.0. The number of nitrogens with zero attached hydrogens (tertiary/aromatic N) is 3. The number of aromatic nitrogens is 2. The number of amides is 1. The average molecular weight is 556 g/mol. The van der Waals surface area contributed by atoms with Crippen LogP contribution in [-0.2, 0) is 13.1 Å². The molecule has 0 aliphatic carbocycles. The van der Waals surface area contributed by atoms with Crippen molar-refractivity contribution < 1.29 is 14.3 Å². The molecule has 0 saturated carbocycles. The first kappa shape index (κ1) is 28.8. The van der Waals surface area contributed by atoms with E-state index < -0.39 is 0 Å². The Bertz CT molecular complexity index is 1300. The number of hydrogen-bond acceptors (Lipinski definition) is 8. The fourth-order valence-corrected chi connectivity index (χ4v) is 4.97. The van der Waals surface area contributed by atoms with E-state index in [1.807, 2.05) is 24.0 Å². The zero-order chi connectivity index (χ0) is 28.1. The van der Waals surface area contributed by atoms with E-state index in [1.165, 1.54) is 7.11 Å². The van der Waals surface area contributed by atoms with E-state index in [4.69, 9.17) is 26.1 Å². The van der Waals surface area contributed by atoms with Gasteiger partial charge in [-0.2, -0.15) is 11.1 Å². The summed E-state index contributed by atoms with van der Waals surface area (Å²) in [6.07, 6.45) is 0.753. The first-order valence-corrected chi connectivity index (χ1v) is 13.4. The molecule has 11 heteroatoms. The molecular formula is C28H38ClN7O3. The summed E-state index contributed by atoms with van der Waals surface area (Å²) in [7, 11) is 3.05. The Kier molecular flexibility index (Phi) is 9.47. The summed E-state index contributed by atoms with van der Waals surface area (Å²) in [6, 6.07) is 11.7. The molecule has 0 unspecified atom stereocenters. The molecule has 0 spiro atoms. The zero-order valence-corrected chi connectivity index (χ0v) is 24.1. The molecule has 210 valence electrons. The van der Waals surface area contributed by atoms with Crippen LogP contribution in [0.2, 0.25) is 5.02 Å².